The number of halogens is 1. The number of aryl methyl sites for hydroxylation is 2. The summed E-state index contributed by atoms with van der Waals surface area (Å²) in [6.07, 6.45) is 0.747. The van der Waals surface area contributed by atoms with Crippen molar-refractivity contribution in [1.82, 2.24) is 0 Å². The van der Waals surface area contributed by atoms with Crippen molar-refractivity contribution in [2.75, 3.05) is 10.3 Å². The summed E-state index contributed by atoms with van der Waals surface area (Å²) in [6, 6.07) is 22.7. The summed E-state index contributed by atoms with van der Waals surface area (Å²) < 4.78 is 13.3. The molecule has 0 unspecified atom stereocenters. The minimum absolute atomic E-state index is 0.0619. The molecule has 1 aliphatic rings. The van der Waals surface area contributed by atoms with Crippen LogP contribution in [0.15, 0.2) is 84.0 Å². The number of alkyl halides is 1. The molecular formula is C30H24FN3O3. The van der Waals surface area contributed by atoms with Crippen molar-refractivity contribution >= 4 is 35.0 Å². The van der Waals surface area contributed by atoms with Gasteiger partial charge in [0.2, 0.25) is 0 Å². The van der Waals surface area contributed by atoms with Gasteiger partial charge in [-0.25, -0.2) is 4.39 Å². The molecule has 0 radical (unpaired) electrons. The highest BCUT2D eigenvalue weighted by molar-refractivity contribution is 6.55. The van der Waals surface area contributed by atoms with Crippen LogP contribution in [-0.4, -0.2) is 23.0 Å². The summed E-state index contributed by atoms with van der Waals surface area (Å²) in [5.41, 5.74) is 9.35. The summed E-state index contributed by atoms with van der Waals surface area (Å²) in [6.45, 7) is 3.29. The number of hydrazone groups is 1. The van der Waals surface area contributed by atoms with E-state index in [0.717, 1.165) is 17.4 Å². The molecule has 4 aromatic carbocycles. The van der Waals surface area contributed by atoms with Gasteiger partial charge in [-0.1, -0.05) is 42.5 Å². The van der Waals surface area contributed by atoms with Crippen LogP contribution in [0.1, 0.15) is 32.6 Å². The number of hydrogen-bond donors (Lipinski definition) is 2. The zero-order valence-corrected chi connectivity index (χ0v) is 20.3. The van der Waals surface area contributed by atoms with Crippen LogP contribution < -0.4 is 10.3 Å². The molecule has 0 atom stereocenters. The van der Waals surface area contributed by atoms with E-state index in [0.29, 0.717) is 44.9 Å². The van der Waals surface area contributed by atoms with E-state index < -0.39 is 6.67 Å². The fourth-order valence-corrected chi connectivity index (χ4v) is 4.41. The molecule has 0 saturated carbocycles. The molecule has 37 heavy (non-hydrogen) atoms. The van der Waals surface area contributed by atoms with Crippen LogP contribution in [0.3, 0.4) is 0 Å². The van der Waals surface area contributed by atoms with E-state index in [1.54, 1.807) is 66.7 Å². The van der Waals surface area contributed by atoms with Gasteiger partial charge < -0.3 is 5.11 Å². The number of aldehydes is 1. The first kappa shape index (κ1) is 23.9. The van der Waals surface area contributed by atoms with Crippen LogP contribution in [0.4, 0.5) is 21.5 Å². The number of fused-ring (bicyclic) bond motifs is 1. The van der Waals surface area contributed by atoms with E-state index in [9.17, 15) is 19.1 Å². The van der Waals surface area contributed by atoms with Crippen molar-refractivity contribution in [3.8, 4) is 16.9 Å². The highest BCUT2D eigenvalue weighted by Gasteiger charge is 2.36. The van der Waals surface area contributed by atoms with Gasteiger partial charge in [0.05, 0.1) is 11.4 Å². The van der Waals surface area contributed by atoms with E-state index in [1.807, 2.05) is 26.0 Å². The Kier molecular flexibility index (Phi) is 6.27. The SMILES string of the molecule is Cc1cc2c(cc1C)N(c1cccc(CF)c1)C(=O)/C2=N\Nc1cccc(-c2cccc(C=O)c2)c1O. The fourth-order valence-electron chi connectivity index (χ4n) is 4.41. The fraction of sp³-hybridized carbons (Fsp3) is 0.100. The number of nitrogens with zero attached hydrogens (tertiary/aromatic N) is 2. The lowest BCUT2D eigenvalue weighted by atomic mass is 10.0. The van der Waals surface area contributed by atoms with Gasteiger partial charge in [0, 0.05) is 22.4 Å². The molecular weight excluding hydrogens is 469 g/mol. The van der Waals surface area contributed by atoms with E-state index >= 15 is 0 Å². The van der Waals surface area contributed by atoms with Gasteiger partial charge in [-0.05, 0) is 72.5 Å². The lowest BCUT2D eigenvalue weighted by Crippen LogP contribution is -2.26. The topological polar surface area (TPSA) is 82.0 Å². The molecule has 0 aliphatic carbocycles. The van der Waals surface area contributed by atoms with E-state index in [1.165, 1.54) is 4.90 Å². The van der Waals surface area contributed by atoms with Gasteiger partial charge in [-0.2, -0.15) is 5.10 Å². The third-order valence-electron chi connectivity index (χ3n) is 6.49. The highest BCUT2D eigenvalue weighted by Crippen LogP contribution is 2.39. The summed E-state index contributed by atoms with van der Waals surface area (Å²) >= 11 is 0. The van der Waals surface area contributed by atoms with Gasteiger partial charge >= 0.3 is 0 Å². The Hall–Kier alpha value is -4.78. The third-order valence-corrected chi connectivity index (χ3v) is 6.49. The number of carbonyl (C=O) groups excluding carboxylic acids is 2. The summed E-state index contributed by atoms with van der Waals surface area (Å²) in [7, 11) is 0. The second-order valence-corrected chi connectivity index (χ2v) is 8.91. The van der Waals surface area contributed by atoms with Crippen molar-refractivity contribution in [1.29, 1.82) is 0 Å². The predicted molar refractivity (Wildman–Crippen MR) is 143 cm³/mol. The molecule has 0 saturated heterocycles. The molecule has 0 aromatic heterocycles. The van der Waals surface area contributed by atoms with Gasteiger partial charge in [-0.15, -0.1) is 0 Å². The lowest BCUT2D eigenvalue weighted by Gasteiger charge is -2.18. The van der Waals surface area contributed by atoms with Gasteiger partial charge in [-0.3, -0.25) is 19.9 Å². The predicted octanol–water partition coefficient (Wildman–Crippen LogP) is 6.45. The van der Waals surface area contributed by atoms with Gasteiger partial charge in [0.1, 0.15) is 18.7 Å². The highest BCUT2D eigenvalue weighted by atomic mass is 19.1. The van der Waals surface area contributed by atoms with Crippen molar-refractivity contribution in [3.63, 3.8) is 0 Å². The summed E-state index contributed by atoms with van der Waals surface area (Å²) in [5.74, 6) is -0.425. The second-order valence-electron chi connectivity index (χ2n) is 8.91. The first-order chi connectivity index (χ1) is 17.9. The number of phenols is 1. The van der Waals surface area contributed by atoms with Crippen molar-refractivity contribution in [3.05, 3.63) is 107 Å². The Morgan fingerprint density at radius 3 is 2.49 bits per heavy atom. The molecule has 2 N–H and O–H groups in total. The van der Waals surface area contributed by atoms with Gasteiger partial charge in [0.25, 0.3) is 5.91 Å². The Morgan fingerprint density at radius 2 is 1.70 bits per heavy atom. The number of amides is 1. The molecule has 1 amide bonds. The Morgan fingerprint density at radius 1 is 0.946 bits per heavy atom. The van der Waals surface area contributed by atoms with Crippen molar-refractivity contribution < 1.29 is 19.1 Å². The van der Waals surface area contributed by atoms with E-state index in [2.05, 4.69) is 10.5 Å². The van der Waals surface area contributed by atoms with Crippen molar-refractivity contribution in [2.24, 2.45) is 5.10 Å². The number of benzene rings is 4. The maximum atomic E-state index is 13.6. The summed E-state index contributed by atoms with van der Waals surface area (Å²) in [4.78, 5) is 26.3. The first-order valence-electron chi connectivity index (χ1n) is 11.7. The second kappa shape index (κ2) is 9.70. The third kappa shape index (κ3) is 4.36. The maximum Gasteiger partial charge on any atom is 0.283 e. The molecule has 0 bridgehead atoms. The van der Waals surface area contributed by atoms with Crippen LogP contribution in [0.25, 0.3) is 11.1 Å². The number of anilines is 3. The average Bonchev–Trinajstić information content (AvgIpc) is 3.18. The molecule has 0 spiro atoms. The van der Waals surface area contributed by atoms with Crippen LogP contribution >= 0.6 is 0 Å². The molecule has 7 heteroatoms. The zero-order valence-electron chi connectivity index (χ0n) is 20.3. The maximum absolute atomic E-state index is 13.6. The minimum atomic E-state index is -0.635. The first-order valence-corrected chi connectivity index (χ1v) is 11.7. The number of hydrogen-bond acceptors (Lipinski definition) is 5. The molecule has 184 valence electrons. The van der Waals surface area contributed by atoms with Crippen molar-refractivity contribution in [2.45, 2.75) is 20.5 Å². The minimum Gasteiger partial charge on any atom is -0.505 e. The molecule has 6 nitrogen and oxygen atoms in total. The monoisotopic (exact) mass is 493 g/mol. The number of aromatic hydroxyl groups is 1. The largest absolute Gasteiger partial charge is 0.505 e. The number of nitrogens with one attached hydrogen (secondary N) is 1. The molecule has 4 aromatic rings. The smallest absolute Gasteiger partial charge is 0.283 e. The Bertz CT molecular complexity index is 1580. The number of phenolic OH excluding ortho intramolecular Hbond substituents is 1. The number of para-hydroxylation sites is 1. The molecule has 1 heterocycles. The van der Waals surface area contributed by atoms with E-state index in [-0.39, 0.29) is 17.4 Å². The molecule has 0 fully saturated rings. The lowest BCUT2D eigenvalue weighted by molar-refractivity contribution is -0.111. The standard InChI is InChI=1S/C30H24FN3O3/c1-18-12-25-27(13-19(18)2)34(23-9-4-6-20(15-23)16-31)30(37)28(25)33-32-26-11-5-10-24(29(26)36)22-8-3-7-21(14-22)17-35/h3-15,17,32,36H,16H2,1-2H3/b33-28-. The number of carbonyl (C=O) groups is 2. The Balaban J connectivity index is 1.55. The van der Waals surface area contributed by atoms with Gasteiger partial charge in [0.15, 0.2) is 5.71 Å². The average molecular weight is 494 g/mol. The summed E-state index contributed by atoms with van der Waals surface area (Å²) in [5, 5.41) is 15.4. The van der Waals surface area contributed by atoms with Crippen LogP contribution in [0.2, 0.25) is 0 Å². The molecule has 5 rings (SSSR count). The molecule has 1 aliphatic heterocycles. The van der Waals surface area contributed by atoms with Crippen LogP contribution in [0.5, 0.6) is 5.75 Å². The van der Waals surface area contributed by atoms with Crippen LogP contribution in [0, 0.1) is 13.8 Å². The number of rotatable bonds is 6. The Labute approximate surface area is 213 Å². The normalized spacial score (nSPS) is 13.6. The van der Waals surface area contributed by atoms with E-state index in [4.69, 9.17) is 0 Å². The van der Waals surface area contributed by atoms with Crippen LogP contribution in [-0.2, 0) is 11.5 Å². The zero-order chi connectivity index (χ0) is 26.1. The quantitative estimate of drug-likeness (QED) is 0.184.